The van der Waals surface area contributed by atoms with Crippen molar-refractivity contribution in [3.05, 3.63) is 70.3 Å². The van der Waals surface area contributed by atoms with Crippen LogP contribution in [-0.4, -0.2) is 53.2 Å². The first-order valence-corrected chi connectivity index (χ1v) is 13.3. The Morgan fingerprint density at radius 2 is 1.83 bits per heavy atom. The molecule has 194 valence electrons. The molecule has 4 rings (SSSR count). The molecule has 1 aliphatic heterocycles. The third-order valence-electron chi connectivity index (χ3n) is 7.08. The highest BCUT2D eigenvalue weighted by molar-refractivity contribution is 5.79. The molecule has 0 saturated carbocycles. The first kappa shape index (κ1) is 26.3. The fraction of sp³-hybridized carbons (Fsp3) is 0.517. The zero-order valence-corrected chi connectivity index (χ0v) is 22.3. The highest BCUT2D eigenvalue weighted by Gasteiger charge is 2.30. The number of rotatable bonds is 10. The molecule has 0 unspecified atom stereocenters. The number of ether oxygens (including phenoxy) is 1. The van der Waals surface area contributed by atoms with Crippen LogP contribution in [0.4, 0.5) is 0 Å². The van der Waals surface area contributed by atoms with Crippen LogP contribution in [0.2, 0.25) is 0 Å². The van der Waals surface area contributed by atoms with Crippen LogP contribution in [-0.2, 0) is 7.05 Å². The van der Waals surface area contributed by atoms with Gasteiger partial charge in [-0.2, -0.15) is 0 Å². The molecule has 1 aliphatic rings. The van der Waals surface area contributed by atoms with Gasteiger partial charge in [0, 0.05) is 44.7 Å². The Hall–Kier alpha value is -2.74. The van der Waals surface area contributed by atoms with Gasteiger partial charge in [-0.05, 0) is 51.6 Å². The van der Waals surface area contributed by atoms with E-state index in [1.165, 1.54) is 0 Å². The lowest BCUT2D eigenvalue weighted by atomic mass is 10.0. The van der Waals surface area contributed by atoms with Crippen molar-refractivity contribution in [3.63, 3.8) is 0 Å². The molecule has 3 aromatic rings. The average molecular weight is 492 g/mol. The Morgan fingerprint density at radius 3 is 2.50 bits per heavy atom. The van der Waals surface area contributed by atoms with Crippen molar-refractivity contribution in [2.24, 2.45) is 7.05 Å². The quantitative estimate of drug-likeness (QED) is 0.443. The summed E-state index contributed by atoms with van der Waals surface area (Å²) in [5.74, 6) is 1.57. The van der Waals surface area contributed by atoms with Crippen LogP contribution in [0.25, 0.3) is 10.9 Å². The molecule has 7 nitrogen and oxygen atoms in total. The van der Waals surface area contributed by atoms with E-state index in [4.69, 9.17) is 9.72 Å². The predicted octanol–water partition coefficient (Wildman–Crippen LogP) is 4.19. The van der Waals surface area contributed by atoms with Crippen molar-refractivity contribution >= 4 is 10.9 Å². The molecule has 2 aromatic carbocycles. The lowest BCUT2D eigenvalue weighted by molar-refractivity contribution is 0.109. The number of nitrogens with one attached hydrogen (secondary N) is 2. The third-order valence-corrected chi connectivity index (χ3v) is 7.08. The van der Waals surface area contributed by atoms with E-state index in [-0.39, 0.29) is 17.7 Å². The van der Waals surface area contributed by atoms with Gasteiger partial charge in [-0.15, -0.1) is 0 Å². The summed E-state index contributed by atoms with van der Waals surface area (Å²) in [6.45, 7) is 9.36. The van der Waals surface area contributed by atoms with E-state index >= 15 is 0 Å². The van der Waals surface area contributed by atoms with Crippen LogP contribution in [0.15, 0.2) is 53.3 Å². The van der Waals surface area contributed by atoms with Gasteiger partial charge in [0.05, 0.1) is 16.9 Å². The zero-order chi connectivity index (χ0) is 25.7. The minimum absolute atomic E-state index is 0.00585. The molecule has 0 spiro atoms. The van der Waals surface area contributed by atoms with Crippen molar-refractivity contribution in [1.29, 1.82) is 0 Å². The fourth-order valence-electron chi connectivity index (χ4n) is 5.41. The lowest BCUT2D eigenvalue weighted by Gasteiger charge is -2.41. The van der Waals surface area contributed by atoms with Crippen LogP contribution < -0.4 is 20.9 Å². The summed E-state index contributed by atoms with van der Waals surface area (Å²) in [5.41, 5.74) is 1.83. The summed E-state index contributed by atoms with van der Waals surface area (Å²) < 4.78 is 8.22. The highest BCUT2D eigenvalue weighted by atomic mass is 16.5. The van der Waals surface area contributed by atoms with Gasteiger partial charge in [0.2, 0.25) is 0 Å². The number of nitrogens with zero attached hydrogens (tertiary/aromatic N) is 3. The second-order valence-corrected chi connectivity index (χ2v) is 10.1. The van der Waals surface area contributed by atoms with E-state index in [0.717, 1.165) is 56.0 Å². The van der Waals surface area contributed by atoms with E-state index in [1.54, 1.807) is 4.57 Å². The Morgan fingerprint density at radius 1 is 1.11 bits per heavy atom. The standard InChI is InChI=1S/C29H41N5O2/c1-6-10-26(34-18-20(2)31-21(3)19-34)28-32-25-17-23(13-14-24(25)29(35)33(28)5)36-27(15-16-30-4)22-11-8-7-9-12-22/h7-9,11-14,17,20-21,26-27,30-31H,6,10,15-16,18-19H2,1-5H3/t20-,21+,26-,27-/m0/s1. The third kappa shape index (κ3) is 5.97. The maximum atomic E-state index is 13.4. The van der Waals surface area contributed by atoms with Gasteiger partial charge in [-0.3, -0.25) is 14.3 Å². The zero-order valence-electron chi connectivity index (χ0n) is 22.3. The van der Waals surface area contributed by atoms with Crippen molar-refractivity contribution in [3.8, 4) is 5.75 Å². The molecule has 0 radical (unpaired) electrons. The molecule has 7 heteroatoms. The lowest BCUT2D eigenvalue weighted by Crippen LogP contribution is -2.55. The highest BCUT2D eigenvalue weighted by Crippen LogP contribution is 2.29. The van der Waals surface area contributed by atoms with E-state index < -0.39 is 0 Å². The predicted molar refractivity (Wildman–Crippen MR) is 147 cm³/mol. The SMILES string of the molecule is CCC[C@@H](c1nc2cc(O[C@@H](CCNC)c3ccccc3)ccc2c(=O)n1C)N1C[C@@H](C)N[C@@H](C)C1. The van der Waals surface area contributed by atoms with E-state index in [1.807, 2.05) is 50.5 Å². The van der Waals surface area contributed by atoms with Crippen LogP contribution in [0.5, 0.6) is 5.75 Å². The largest absolute Gasteiger partial charge is 0.486 e. The number of piperazine rings is 1. The molecule has 0 bridgehead atoms. The maximum Gasteiger partial charge on any atom is 0.261 e. The topological polar surface area (TPSA) is 71.4 Å². The van der Waals surface area contributed by atoms with Crippen LogP contribution >= 0.6 is 0 Å². The number of benzene rings is 2. The molecular weight excluding hydrogens is 450 g/mol. The van der Waals surface area contributed by atoms with Gasteiger partial charge in [-0.25, -0.2) is 4.98 Å². The molecule has 4 atom stereocenters. The van der Waals surface area contributed by atoms with Gasteiger partial charge in [0.25, 0.3) is 5.56 Å². The summed E-state index contributed by atoms with van der Waals surface area (Å²) in [4.78, 5) is 21.0. The molecule has 2 heterocycles. The van der Waals surface area contributed by atoms with Gasteiger partial charge in [0.1, 0.15) is 17.7 Å². The number of fused-ring (bicyclic) bond motifs is 1. The smallest absolute Gasteiger partial charge is 0.261 e. The number of aromatic nitrogens is 2. The Bertz CT molecular complexity index is 1190. The maximum absolute atomic E-state index is 13.4. The van der Waals surface area contributed by atoms with Crippen LogP contribution in [0, 0.1) is 0 Å². The fourth-order valence-corrected chi connectivity index (χ4v) is 5.41. The van der Waals surface area contributed by atoms with Crippen LogP contribution in [0.3, 0.4) is 0 Å². The summed E-state index contributed by atoms with van der Waals surface area (Å²) in [5, 5.41) is 7.46. The summed E-state index contributed by atoms with van der Waals surface area (Å²) >= 11 is 0. The summed E-state index contributed by atoms with van der Waals surface area (Å²) in [6, 6.07) is 16.9. The Balaban J connectivity index is 1.70. The van der Waals surface area contributed by atoms with Crippen LogP contribution in [0.1, 0.15) is 63.6 Å². The van der Waals surface area contributed by atoms with Crippen molar-refractivity contribution in [1.82, 2.24) is 25.1 Å². The van der Waals surface area contributed by atoms with E-state index in [9.17, 15) is 4.79 Å². The van der Waals surface area contributed by atoms with Gasteiger partial charge in [0.15, 0.2) is 0 Å². The summed E-state index contributed by atoms with van der Waals surface area (Å²) in [7, 11) is 3.81. The molecule has 36 heavy (non-hydrogen) atoms. The molecule has 1 aromatic heterocycles. The molecule has 1 saturated heterocycles. The first-order valence-electron chi connectivity index (χ1n) is 13.3. The molecular formula is C29H41N5O2. The Kier molecular flexibility index (Phi) is 8.77. The van der Waals surface area contributed by atoms with Gasteiger partial charge in [-0.1, -0.05) is 43.7 Å². The van der Waals surface area contributed by atoms with E-state index in [0.29, 0.717) is 23.0 Å². The molecule has 2 N–H and O–H groups in total. The first-order chi connectivity index (χ1) is 17.4. The average Bonchev–Trinajstić information content (AvgIpc) is 2.87. The number of hydrogen-bond acceptors (Lipinski definition) is 6. The minimum Gasteiger partial charge on any atom is -0.486 e. The van der Waals surface area contributed by atoms with Crippen molar-refractivity contribution in [2.45, 2.75) is 64.3 Å². The minimum atomic E-state index is -0.0845. The second-order valence-electron chi connectivity index (χ2n) is 10.1. The second kappa shape index (κ2) is 12.0. The van der Waals surface area contributed by atoms with Gasteiger partial charge >= 0.3 is 0 Å². The molecule has 0 amide bonds. The molecule has 0 aliphatic carbocycles. The van der Waals surface area contributed by atoms with Crippen molar-refractivity contribution in [2.75, 3.05) is 26.7 Å². The summed E-state index contributed by atoms with van der Waals surface area (Å²) in [6.07, 6.45) is 2.74. The van der Waals surface area contributed by atoms with Gasteiger partial charge < -0.3 is 15.4 Å². The van der Waals surface area contributed by atoms with Crippen molar-refractivity contribution < 1.29 is 4.74 Å². The molecule has 1 fully saturated rings. The van der Waals surface area contributed by atoms with E-state index in [2.05, 4.69) is 48.4 Å². The normalized spacial score (nSPS) is 20.4. The monoisotopic (exact) mass is 491 g/mol. The number of hydrogen-bond donors (Lipinski definition) is 2. The Labute approximate surface area is 214 Å².